The van der Waals surface area contributed by atoms with Gasteiger partial charge in [0.05, 0.1) is 0 Å². The van der Waals surface area contributed by atoms with Crippen LogP contribution in [0.4, 0.5) is 0 Å². The molecule has 0 fully saturated rings. The standard InChI is InChI=1S/C6H17N3/c1-4-9(3)8-6-5-7-2/h7-8H,4-6H2,1-3H3. The van der Waals surface area contributed by atoms with Gasteiger partial charge in [0.25, 0.3) is 0 Å². The molecule has 0 aliphatic carbocycles. The van der Waals surface area contributed by atoms with Gasteiger partial charge in [0.1, 0.15) is 0 Å². The lowest BCUT2D eigenvalue weighted by molar-refractivity contribution is 0.249. The van der Waals surface area contributed by atoms with Gasteiger partial charge in [-0.3, -0.25) is 5.43 Å². The zero-order chi connectivity index (χ0) is 7.11. The van der Waals surface area contributed by atoms with Crippen molar-refractivity contribution in [2.45, 2.75) is 6.92 Å². The molecule has 0 heterocycles. The van der Waals surface area contributed by atoms with Crippen LogP contribution in [0.5, 0.6) is 0 Å². The zero-order valence-corrected chi connectivity index (χ0v) is 6.57. The molecule has 0 unspecified atom stereocenters. The van der Waals surface area contributed by atoms with Gasteiger partial charge >= 0.3 is 0 Å². The van der Waals surface area contributed by atoms with E-state index in [4.69, 9.17) is 0 Å². The van der Waals surface area contributed by atoms with E-state index >= 15 is 0 Å². The fourth-order valence-electron chi connectivity index (χ4n) is 0.484. The molecule has 0 aromatic carbocycles. The number of hydrogen-bond donors (Lipinski definition) is 2. The molecule has 0 atom stereocenters. The normalized spacial score (nSPS) is 10.7. The van der Waals surface area contributed by atoms with E-state index < -0.39 is 0 Å². The van der Waals surface area contributed by atoms with Crippen molar-refractivity contribution < 1.29 is 0 Å². The molecule has 0 rings (SSSR count). The third-order valence-corrected chi connectivity index (χ3v) is 1.23. The van der Waals surface area contributed by atoms with Crippen molar-refractivity contribution in [3.05, 3.63) is 0 Å². The third-order valence-electron chi connectivity index (χ3n) is 1.23. The summed E-state index contributed by atoms with van der Waals surface area (Å²) in [4.78, 5) is 0. The lowest BCUT2D eigenvalue weighted by Crippen LogP contribution is -2.38. The van der Waals surface area contributed by atoms with Crippen LogP contribution >= 0.6 is 0 Å². The Hall–Kier alpha value is -0.120. The summed E-state index contributed by atoms with van der Waals surface area (Å²) < 4.78 is 0. The van der Waals surface area contributed by atoms with Gasteiger partial charge in [-0.05, 0) is 7.05 Å². The quantitative estimate of drug-likeness (QED) is 0.395. The Labute approximate surface area is 57.4 Å². The minimum absolute atomic E-state index is 1.00. The average molecular weight is 131 g/mol. The summed E-state index contributed by atoms with van der Waals surface area (Å²) in [5.41, 5.74) is 3.20. The summed E-state index contributed by atoms with van der Waals surface area (Å²) in [5.74, 6) is 0. The van der Waals surface area contributed by atoms with E-state index in [-0.39, 0.29) is 0 Å². The molecular formula is C6H17N3. The first-order valence-corrected chi connectivity index (χ1v) is 3.40. The summed E-state index contributed by atoms with van der Waals surface area (Å²) >= 11 is 0. The van der Waals surface area contributed by atoms with Crippen molar-refractivity contribution in [3.63, 3.8) is 0 Å². The van der Waals surface area contributed by atoms with Crippen LogP contribution in [-0.4, -0.2) is 38.7 Å². The SMILES string of the molecule is CCN(C)NCCNC. The molecule has 9 heavy (non-hydrogen) atoms. The highest BCUT2D eigenvalue weighted by Crippen LogP contribution is 1.69. The molecule has 3 nitrogen and oxygen atoms in total. The van der Waals surface area contributed by atoms with Gasteiger partial charge in [0, 0.05) is 26.7 Å². The average Bonchev–Trinajstić information content (AvgIpc) is 1.89. The molecule has 0 saturated heterocycles. The van der Waals surface area contributed by atoms with Crippen molar-refractivity contribution >= 4 is 0 Å². The molecule has 3 heteroatoms. The van der Waals surface area contributed by atoms with Crippen LogP contribution in [0.2, 0.25) is 0 Å². The van der Waals surface area contributed by atoms with Gasteiger partial charge < -0.3 is 5.32 Å². The molecule has 0 radical (unpaired) electrons. The Morgan fingerprint density at radius 1 is 1.33 bits per heavy atom. The lowest BCUT2D eigenvalue weighted by atomic mass is 10.6. The molecule has 0 aliphatic heterocycles. The Balaban J connectivity index is 2.88. The van der Waals surface area contributed by atoms with Gasteiger partial charge in [-0.1, -0.05) is 6.92 Å². The van der Waals surface area contributed by atoms with Gasteiger partial charge in [-0.2, -0.15) is 0 Å². The molecule has 0 aromatic rings. The van der Waals surface area contributed by atoms with E-state index in [2.05, 4.69) is 22.7 Å². The second kappa shape index (κ2) is 6.01. The van der Waals surface area contributed by atoms with Crippen LogP contribution in [0.25, 0.3) is 0 Å². The summed E-state index contributed by atoms with van der Waals surface area (Å²) in [6.07, 6.45) is 0. The lowest BCUT2D eigenvalue weighted by Gasteiger charge is -2.14. The smallest absolute Gasteiger partial charge is 0.0227 e. The van der Waals surface area contributed by atoms with Gasteiger partial charge in [-0.25, -0.2) is 5.01 Å². The predicted octanol–water partition coefficient (Wildman–Crippen LogP) is -0.338. The highest BCUT2D eigenvalue weighted by molar-refractivity contribution is 4.43. The molecule has 0 spiro atoms. The van der Waals surface area contributed by atoms with Gasteiger partial charge in [-0.15, -0.1) is 0 Å². The summed E-state index contributed by atoms with van der Waals surface area (Å²) in [5, 5.41) is 5.12. The summed E-state index contributed by atoms with van der Waals surface area (Å²) in [6.45, 7) is 5.18. The third kappa shape index (κ3) is 5.76. The van der Waals surface area contributed by atoms with Crippen LogP contribution in [-0.2, 0) is 0 Å². The summed E-state index contributed by atoms with van der Waals surface area (Å²) in [7, 11) is 3.99. The van der Waals surface area contributed by atoms with E-state index in [9.17, 15) is 0 Å². The summed E-state index contributed by atoms with van der Waals surface area (Å²) in [6, 6.07) is 0. The number of likely N-dealkylation sites (N-methyl/N-ethyl adjacent to an activating group) is 1. The van der Waals surface area contributed by atoms with Crippen LogP contribution in [0, 0.1) is 0 Å². The number of nitrogens with zero attached hydrogens (tertiary/aromatic N) is 1. The second-order valence-corrected chi connectivity index (χ2v) is 2.03. The number of hydrazine groups is 1. The van der Waals surface area contributed by atoms with Crippen LogP contribution in [0.15, 0.2) is 0 Å². The van der Waals surface area contributed by atoms with E-state index in [1.165, 1.54) is 0 Å². The molecule has 2 N–H and O–H groups in total. The minimum atomic E-state index is 1.00. The maximum Gasteiger partial charge on any atom is 0.0227 e. The Morgan fingerprint density at radius 2 is 2.00 bits per heavy atom. The maximum atomic E-state index is 3.20. The van der Waals surface area contributed by atoms with Crippen molar-refractivity contribution in [1.29, 1.82) is 0 Å². The first kappa shape index (κ1) is 8.88. The van der Waals surface area contributed by atoms with E-state index in [0.29, 0.717) is 0 Å². The zero-order valence-electron chi connectivity index (χ0n) is 6.57. The Morgan fingerprint density at radius 3 is 2.44 bits per heavy atom. The molecule has 0 aliphatic rings. The Bertz CT molecular complexity index is 56.3. The fraction of sp³-hybridized carbons (Fsp3) is 1.00. The molecule has 0 saturated carbocycles. The maximum absolute atomic E-state index is 3.20. The first-order valence-electron chi connectivity index (χ1n) is 3.40. The molecular weight excluding hydrogens is 114 g/mol. The largest absolute Gasteiger partial charge is 0.318 e. The van der Waals surface area contributed by atoms with Crippen LogP contribution in [0.3, 0.4) is 0 Å². The first-order chi connectivity index (χ1) is 4.31. The molecule has 56 valence electrons. The van der Waals surface area contributed by atoms with Crippen LogP contribution in [0.1, 0.15) is 6.92 Å². The van der Waals surface area contributed by atoms with Crippen molar-refractivity contribution in [1.82, 2.24) is 15.8 Å². The fourth-order valence-corrected chi connectivity index (χ4v) is 0.484. The topological polar surface area (TPSA) is 27.3 Å². The van der Waals surface area contributed by atoms with Gasteiger partial charge in [0.15, 0.2) is 0 Å². The van der Waals surface area contributed by atoms with Crippen molar-refractivity contribution in [2.24, 2.45) is 0 Å². The highest BCUT2D eigenvalue weighted by atomic mass is 15.5. The minimum Gasteiger partial charge on any atom is -0.318 e. The molecule has 0 bridgehead atoms. The Kier molecular flexibility index (Phi) is 5.93. The van der Waals surface area contributed by atoms with Crippen molar-refractivity contribution in [3.8, 4) is 0 Å². The number of rotatable bonds is 5. The van der Waals surface area contributed by atoms with Crippen molar-refractivity contribution in [2.75, 3.05) is 33.7 Å². The second-order valence-electron chi connectivity index (χ2n) is 2.03. The van der Waals surface area contributed by atoms with E-state index in [1.807, 2.05) is 14.1 Å². The molecule has 0 aromatic heterocycles. The monoisotopic (exact) mass is 131 g/mol. The number of nitrogens with one attached hydrogen (secondary N) is 2. The number of hydrogen-bond acceptors (Lipinski definition) is 3. The molecule has 0 amide bonds. The van der Waals surface area contributed by atoms with Gasteiger partial charge in [0.2, 0.25) is 0 Å². The highest BCUT2D eigenvalue weighted by Gasteiger charge is 1.88. The predicted molar refractivity (Wildman–Crippen MR) is 40.2 cm³/mol. The van der Waals surface area contributed by atoms with E-state index in [1.54, 1.807) is 0 Å². The van der Waals surface area contributed by atoms with Crippen LogP contribution < -0.4 is 10.7 Å². The van der Waals surface area contributed by atoms with E-state index in [0.717, 1.165) is 19.6 Å².